The summed E-state index contributed by atoms with van der Waals surface area (Å²) < 4.78 is 5.82. The second-order valence-electron chi connectivity index (χ2n) is 4.61. The monoisotopic (exact) mass is 184 g/mol. The SMILES string of the molecule is CC=CC1(C)CCC(C(C)(C)O)O1. The van der Waals surface area contributed by atoms with Crippen molar-refractivity contribution in [2.75, 3.05) is 0 Å². The molecule has 2 nitrogen and oxygen atoms in total. The highest BCUT2D eigenvalue weighted by Gasteiger charge is 2.40. The van der Waals surface area contributed by atoms with Gasteiger partial charge in [0, 0.05) is 0 Å². The summed E-state index contributed by atoms with van der Waals surface area (Å²) in [5.74, 6) is 0. The fraction of sp³-hybridized carbons (Fsp3) is 0.818. The Hall–Kier alpha value is -0.340. The molecule has 0 saturated carbocycles. The molecule has 13 heavy (non-hydrogen) atoms. The fourth-order valence-electron chi connectivity index (χ4n) is 1.83. The summed E-state index contributed by atoms with van der Waals surface area (Å²) in [6, 6.07) is 0. The van der Waals surface area contributed by atoms with Crippen LogP contribution >= 0.6 is 0 Å². The lowest BCUT2D eigenvalue weighted by Crippen LogP contribution is -2.37. The predicted octanol–water partition coefficient (Wildman–Crippen LogP) is 2.27. The van der Waals surface area contributed by atoms with Crippen LogP contribution in [0.2, 0.25) is 0 Å². The summed E-state index contributed by atoms with van der Waals surface area (Å²) in [5, 5.41) is 9.77. The summed E-state index contributed by atoms with van der Waals surface area (Å²) in [4.78, 5) is 0. The van der Waals surface area contributed by atoms with Crippen LogP contribution in [0.4, 0.5) is 0 Å². The van der Waals surface area contributed by atoms with E-state index in [1.54, 1.807) is 13.8 Å². The van der Waals surface area contributed by atoms with E-state index in [0.29, 0.717) is 0 Å². The van der Waals surface area contributed by atoms with Crippen molar-refractivity contribution in [3.63, 3.8) is 0 Å². The van der Waals surface area contributed by atoms with Crippen LogP contribution in [0.1, 0.15) is 40.5 Å². The molecule has 2 atom stereocenters. The molecule has 1 N–H and O–H groups in total. The number of hydrogen-bond donors (Lipinski definition) is 1. The van der Waals surface area contributed by atoms with Crippen LogP contribution in [0.3, 0.4) is 0 Å². The van der Waals surface area contributed by atoms with Crippen molar-refractivity contribution in [2.24, 2.45) is 0 Å². The van der Waals surface area contributed by atoms with Crippen LogP contribution in [0.5, 0.6) is 0 Å². The zero-order valence-electron chi connectivity index (χ0n) is 9.00. The fourth-order valence-corrected chi connectivity index (χ4v) is 1.83. The first-order chi connectivity index (χ1) is 5.87. The van der Waals surface area contributed by atoms with Gasteiger partial charge in [0.05, 0.1) is 17.3 Å². The predicted molar refractivity (Wildman–Crippen MR) is 53.6 cm³/mol. The van der Waals surface area contributed by atoms with E-state index in [4.69, 9.17) is 4.74 Å². The van der Waals surface area contributed by atoms with Crippen molar-refractivity contribution in [2.45, 2.75) is 57.8 Å². The molecule has 0 bridgehead atoms. The maximum absolute atomic E-state index is 9.77. The highest BCUT2D eigenvalue weighted by Crippen LogP contribution is 2.35. The van der Waals surface area contributed by atoms with E-state index in [1.807, 2.05) is 13.0 Å². The quantitative estimate of drug-likeness (QED) is 0.667. The summed E-state index contributed by atoms with van der Waals surface area (Å²) in [5.41, 5.74) is -0.890. The Bertz CT molecular complexity index is 203. The van der Waals surface area contributed by atoms with Gasteiger partial charge in [0.1, 0.15) is 0 Å². The molecule has 76 valence electrons. The van der Waals surface area contributed by atoms with E-state index >= 15 is 0 Å². The summed E-state index contributed by atoms with van der Waals surface area (Å²) in [7, 11) is 0. The first-order valence-electron chi connectivity index (χ1n) is 4.91. The van der Waals surface area contributed by atoms with Gasteiger partial charge in [0.25, 0.3) is 0 Å². The van der Waals surface area contributed by atoms with Gasteiger partial charge in [0.2, 0.25) is 0 Å². The minimum Gasteiger partial charge on any atom is -0.388 e. The van der Waals surface area contributed by atoms with Crippen molar-refractivity contribution in [1.29, 1.82) is 0 Å². The van der Waals surface area contributed by atoms with Crippen LogP contribution in [-0.2, 0) is 4.74 Å². The molecule has 0 amide bonds. The Morgan fingerprint density at radius 1 is 1.54 bits per heavy atom. The second kappa shape index (κ2) is 3.43. The summed E-state index contributed by atoms with van der Waals surface area (Å²) >= 11 is 0. The molecule has 0 aromatic rings. The van der Waals surface area contributed by atoms with Crippen LogP contribution < -0.4 is 0 Å². The zero-order valence-corrected chi connectivity index (χ0v) is 9.00. The third kappa shape index (κ3) is 2.55. The molecule has 2 heteroatoms. The third-order valence-corrected chi connectivity index (χ3v) is 2.62. The van der Waals surface area contributed by atoms with Gasteiger partial charge in [-0.2, -0.15) is 0 Å². The Morgan fingerprint density at radius 3 is 2.54 bits per heavy atom. The van der Waals surface area contributed by atoms with Gasteiger partial charge in [-0.25, -0.2) is 0 Å². The topological polar surface area (TPSA) is 29.5 Å². The number of allylic oxidation sites excluding steroid dienone is 1. The van der Waals surface area contributed by atoms with Crippen LogP contribution in [-0.4, -0.2) is 22.4 Å². The van der Waals surface area contributed by atoms with Crippen LogP contribution in [0.25, 0.3) is 0 Å². The number of aliphatic hydroxyl groups is 1. The van der Waals surface area contributed by atoms with Gasteiger partial charge in [0.15, 0.2) is 0 Å². The van der Waals surface area contributed by atoms with E-state index in [9.17, 15) is 5.11 Å². The van der Waals surface area contributed by atoms with Gasteiger partial charge in [-0.05, 0) is 40.5 Å². The van der Waals surface area contributed by atoms with Gasteiger partial charge < -0.3 is 9.84 Å². The number of rotatable bonds is 2. The van der Waals surface area contributed by atoms with Gasteiger partial charge in [-0.1, -0.05) is 12.2 Å². The molecule has 1 aliphatic heterocycles. The third-order valence-electron chi connectivity index (χ3n) is 2.62. The van der Waals surface area contributed by atoms with Crippen LogP contribution in [0.15, 0.2) is 12.2 Å². The average molecular weight is 184 g/mol. The molecular formula is C11H20O2. The van der Waals surface area contributed by atoms with Gasteiger partial charge >= 0.3 is 0 Å². The highest BCUT2D eigenvalue weighted by atomic mass is 16.5. The summed E-state index contributed by atoms with van der Waals surface area (Å²) in [6.45, 7) is 7.67. The van der Waals surface area contributed by atoms with Crippen molar-refractivity contribution in [3.8, 4) is 0 Å². The minimum absolute atomic E-state index is 0.0336. The van der Waals surface area contributed by atoms with Crippen molar-refractivity contribution < 1.29 is 9.84 Å². The lowest BCUT2D eigenvalue weighted by atomic mass is 9.97. The average Bonchev–Trinajstić information content (AvgIpc) is 2.31. The standard InChI is InChI=1S/C11H20O2/c1-5-7-11(4)8-6-9(13-11)10(2,3)12/h5,7,9,12H,6,8H2,1-4H3. The molecule has 0 aliphatic carbocycles. The van der Waals surface area contributed by atoms with Crippen molar-refractivity contribution >= 4 is 0 Å². The second-order valence-corrected chi connectivity index (χ2v) is 4.61. The molecule has 2 unspecified atom stereocenters. The van der Waals surface area contributed by atoms with E-state index in [0.717, 1.165) is 12.8 Å². The zero-order chi connectivity index (χ0) is 10.1. The molecular weight excluding hydrogens is 164 g/mol. The van der Waals surface area contributed by atoms with E-state index in [1.165, 1.54) is 0 Å². The molecule has 1 fully saturated rings. The molecule has 0 aromatic carbocycles. The molecule has 1 rings (SSSR count). The lowest BCUT2D eigenvalue weighted by Gasteiger charge is -2.28. The van der Waals surface area contributed by atoms with Gasteiger partial charge in [-0.15, -0.1) is 0 Å². The Morgan fingerprint density at radius 2 is 2.15 bits per heavy atom. The lowest BCUT2D eigenvalue weighted by molar-refractivity contribution is -0.0998. The first kappa shape index (κ1) is 10.7. The van der Waals surface area contributed by atoms with E-state index in [2.05, 4.69) is 13.0 Å². The normalized spacial score (nSPS) is 35.9. The highest BCUT2D eigenvalue weighted by molar-refractivity contribution is 5.04. The summed E-state index contributed by atoms with van der Waals surface area (Å²) in [6.07, 6.45) is 5.97. The smallest absolute Gasteiger partial charge is 0.0869 e. The molecule has 0 aromatic heterocycles. The van der Waals surface area contributed by atoms with Gasteiger partial charge in [-0.3, -0.25) is 0 Å². The largest absolute Gasteiger partial charge is 0.388 e. The molecule has 1 heterocycles. The number of hydrogen-bond acceptors (Lipinski definition) is 2. The minimum atomic E-state index is -0.723. The maximum Gasteiger partial charge on any atom is 0.0869 e. The Kier molecular flexibility index (Phi) is 2.83. The molecule has 1 aliphatic rings. The first-order valence-corrected chi connectivity index (χ1v) is 4.91. The Balaban J connectivity index is 2.63. The number of ether oxygens (including phenoxy) is 1. The van der Waals surface area contributed by atoms with Crippen LogP contribution in [0, 0.1) is 0 Å². The molecule has 0 radical (unpaired) electrons. The maximum atomic E-state index is 9.77. The van der Waals surface area contributed by atoms with Crippen molar-refractivity contribution in [3.05, 3.63) is 12.2 Å². The van der Waals surface area contributed by atoms with E-state index < -0.39 is 5.60 Å². The molecule has 0 spiro atoms. The van der Waals surface area contributed by atoms with E-state index in [-0.39, 0.29) is 11.7 Å². The Labute approximate surface area is 80.6 Å². The van der Waals surface area contributed by atoms with Crippen molar-refractivity contribution in [1.82, 2.24) is 0 Å². The molecule has 1 saturated heterocycles.